The summed E-state index contributed by atoms with van der Waals surface area (Å²) < 4.78 is 0. The van der Waals surface area contributed by atoms with Gasteiger partial charge in [-0.1, -0.05) is 42.7 Å². The van der Waals surface area contributed by atoms with Gasteiger partial charge in [-0.05, 0) is 50.6 Å². The molecule has 1 saturated carbocycles. The van der Waals surface area contributed by atoms with E-state index in [4.69, 9.17) is 5.73 Å². The van der Waals surface area contributed by atoms with Crippen LogP contribution in [-0.4, -0.2) is 24.0 Å². The topological polar surface area (TPSA) is 29.3 Å². The predicted molar refractivity (Wildman–Crippen MR) is 84.7 cm³/mol. The van der Waals surface area contributed by atoms with E-state index in [-0.39, 0.29) is 6.04 Å². The number of hydrogen-bond acceptors (Lipinski definition) is 2. The first-order chi connectivity index (χ1) is 9.74. The van der Waals surface area contributed by atoms with Gasteiger partial charge in [-0.3, -0.25) is 4.90 Å². The maximum Gasteiger partial charge on any atom is 0.0424 e. The lowest BCUT2D eigenvalue weighted by Crippen LogP contribution is -2.49. The van der Waals surface area contributed by atoms with E-state index in [2.05, 4.69) is 36.1 Å². The molecule has 2 aliphatic rings. The summed E-state index contributed by atoms with van der Waals surface area (Å²) in [5.74, 6) is 0.947. The van der Waals surface area contributed by atoms with E-state index in [9.17, 15) is 0 Å². The molecule has 2 N–H and O–H groups in total. The van der Waals surface area contributed by atoms with Gasteiger partial charge in [0.2, 0.25) is 0 Å². The van der Waals surface area contributed by atoms with Crippen LogP contribution in [0.2, 0.25) is 0 Å². The van der Waals surface area contributed by atoms with Crippen LogP contribution in [0.5, 0.6) is 0 Å². The number of benzene rings is 1. The predicted octanol–water partition coefficient (Wildman–Crippen LogP) is 3.65. The van der Waals surface area contributed by atoms with Crippen LogP contribution in [0.25, 0.3) is 0 Å². The van der Waals surface area contributed by atoms with Crippen molar-refractivity contribution in [3.05, 3.63) is 35.4 Å². The molecule has 2 nitrogen and oxygen atoms in total. The molecular formula is C18H28N2. The molecule has 2 fully saturated rings. The third-order valence-corrected chi connectivity index (χ3v) is 5.29. The lowest BCUT2D eigenvalue weighted by molar-refractivity contribution is 0.0561. The highest BCUT2D eigenvalue weighted by Crippen LogP contribution is 2.35. The SMILES string of the molecule is Cc1ccc(C(N)CN2CCC[C@H]3CCCC[C@H]32)cc1. The Hall–Kier alpha value is -0.860. The fourth-order valence-electron chi connectivity index (χ4n) is 4.13. The first-order valence-electron chi connectivity index (χ1n) is 8.30. The Kier molecular flexibility index (Phi) is 4.42. The smallest absolute Gasteiger partial charge is 0.0424 e. The van der Waals surface area contributed by atoms with E-state index < -0.39 is 0 Å². The zero-order chi connectivity index (χ0) is 13.9. The summed E-state index contributed by atoms with van der Waals surface area (Å²) >= 11 is 0. The van der Waals surface area contributed by atoms with Crippen LogP contribution in [0.1, 0.15) is 55.7 Å². The number of likely N-dealkylation sites (tertiary alicyclic amines) is 1. The number of aryl methyl sites for hydroxylation is 1. The minimum absolute atomic E-state index is 0.163. The molecule has 1 aromatic carbocycles. The summed E-state index contributed by atoms with van der Waals surface area (Å²) in [7, 11) is 0. The largest absolute Gasteiger partial charge is 0.323 e. The standard InChI is InChI=1S/C18H28N2/c1-14-8-10-15(11-9-14)17(19)13-20-12-4-6-16-5-2-3-7-18(16)20/h8-11,16-18H,2-7,12-13,19H2,1H3/t16-,17?,18-/m1/s1. The van der Waals surface area contributed by atoms with Gasteiger partial charge in [-0.2, -0.15) is 0 Å². The summed E-state index contributed by atoms with van der Waals surface area (Å²) in [6, 6.07) is 9.72. The molecule has 0 spiro atoms. The highest BCUT2D eigenvalue weighted by Gasteiger charge is 2.33. The van der Waals surface area contributed by atoms with Crippen LogP contribution in [0.3, 0.4) is 0 Å². The summed E-state index contributed by atoms with van der Waals surface area (Å²) in [5, 5.41) is 0. The van der Waals surface area contributed by atoms with Crippen molar-refractivity contribution in [3.8, 4) is 0 Å². The van der Waals surface area contributed by atoms with Gasteiger partial charge in [0, 0.05) is 18.6 Å². The highest BCUT2D eigenvalue weighted by molar-refractivity contribution is 5.24. The summed E-state index contributed by atoms with van der Waals surface area (Å²) in [6.45, 7) is 4.41. The number of nitrogens with zero attached hydrogens (tertiary/aromatic N) is 1. The Morgan fingerprint density at radius 2 is 1.80 bits per heavy atom. The average Bonchev–Trinajstić information content (AvgIpc) is 2.48. The van der Waals surface area contributed by atoms with Crippen molar-refractivity contribution in [2.45, 2.75) is 57.5 Å². The molecule has 1 saturated heterocycles. The Morgan fingerprint density at radius 1 is 1.10 bits per heavy atom. The van der Waals surface area contributed by atoms with Gasteiger partial charge in [0.15, 0.2) is 0 Å². The van der Waals surface area contributed by atoms with Crippen LogP contribution in [0.15, 0.2) is 24.3 Å². The van der Waals surface area contributed by atoms with E-state index in [0.717, 1.165) is 18.5 Å². The molecule has 0 bridgehead atoms. The first kappa shape index (κ1) is 14.1. The molecular weight excluding hydrogens is 244 g/mol. The van der Waals surface area contributed by atoms with Crippen molar-refractivity contribution in [3.63, 3.8) is 0 Å². The molecule has 0 amide bonds. The Balaban J connectivity index is 1.65. The van der Waals surface area contributed by atoms with E-state index in [1.807, 2.05) is 0 Å². The molecule has 1 aromatic rings. The number of fused-ring (bicyclic) bond motifs is 1. The Bertz CT molecular complexity index is 424. The van der Waals surface area contributed by atoms with Gasteiger partial charge in [0.25, 0.3) is 0 Å². The maximum atomic E-state index is 6.46. The van der Waals surface area contributed by atoms with Gasteiger partial charge in [-0.15, -0.1) is 0 Å². The van der Waals surface area contributed by atoms with Gasteiger partial charge < -0.3 is 5.73 Å². The van der Waals surface area contributed by atoms with Crippen molar-refractivity contribution in [2.75, 3.05) is 13.1 Å². The molecule has 3 atom stereocenters. The summed E-state index contributed by atoms with van der Waals surface area (Å²) in [6.07, 6.45) is 8.51. The maximum absolute atomic E-state index is 6.46. The molecule has 0 radical (unpaired) electrons. The average molecular weight is 272 g/mol. The molecule has 2 heteroatoms. The molecule has 1 heterocycles. The van der Waals surface area contributed by atoms with Crippen molar-refractivity contribution in [1.29, 1.82) is 0 Å². The molecule has 3 rings (SSSR count). The lowest BCUT2D eigenvalue weighted by atomic mass is 9.78. The summed E-state index contributed by atoms with van der Waals surface area (Å²) in [4.78, 5) is 2.69. The van der Waals surface area contributed by atoms with Gasteiger partial charge in [0.05, 0.1) is 0 Å². The van der Waals surface area contributed by atoms with Gasteiger partial charge in [-0.25, -0.2) is 0 Å². The molecule has 0 aromatic heterocycles. The Morgan fingerprint density at radius 3 is 2.60 bits per heavy atom. The summed E-state index contributed by atoms with van der Waals surface area (Å²) in [5.41, 5.74) is 9.05. The van der Waals surface area contributed by atoms with Crippen LogP contribution in [0, 0.1) is 12.8 Å². The molecule has 110 valence electrons. The van der Waals surface area contributed by atoms with E-state index >= 15 is 0 Å². The fraction of sp³-hybridized carbons (Fsp3) is 0.667. The van der Waals surface area contributed by atoms with Crippen LogP contribution in [-0.2, 0) is 0 Å². The Labute approximate surface area is 123 Å². The van der Waals surface area contributed by atoms with E-state index in [0.29, 0.717) is 0 Å². The third kappa shape index (κ3) is 3.07. The number of hydrogen-bond donors (Lipinski definition) is 1. The third-order valence-electron chi connectivity index (χ3n) is 5.29. The second-order valence-electron chi connectivity index (χ2n) is 6.77. The molecule has 20 heavy (non-hydrogen) atoms. The van der Waals surface area contributed by atoms with Crippen LogP contribution >= 0.6 is 0 Å². The molecule has 1 aliphatic carbocycles. The second kappa shape index (κ2) is 6.28. The van der Waals surface area contributed by atoms with Crippen molar-refractivity contribution >= 4 is 0 Å². The zero-order valence-electron chi connectivity index (χ0n) is 12.7. The molecule has 1 aliphatic heterocycles. The second-order valence-corrected chi connectivity index (χ2v) is 6.77. The van der Waals surface area contributed by atoms with Crippen molar-refractivity contribution < 1.29 is 0 Å². The normalized spacial score (nSPS) is 28.9. The minimum atomic E-state index is 0.163. The lowest BCUT2D eigenvalue weighted by Gasteiger charge is -2.45. The first-order valence-corrected chi connectivity index (χ1v) is 8.30. The number of piperidine rings is 1. The monoisotopic (exact) mass is 272 g/mol. The van der Waals surface area contributed by atoms with Crippen molar-refractivity contribution in [2.24, 2.45) is 11.7 Å². The van der Waals surface area contributed by atoms with E-state index in [1.54, 1.807) is 0 Å². The minimum Gasteiger partial charge on any atom is -0.323 e. The van der Waals surface area contributed by atoms with Crippen molar-refractivity contribution in [1.82, 2.24) is 4.90 Å². The molecule has 1 unspecified atom stereocenters. The van der Waals surface area contributed by atoms with E-state index in [1.165, 1.54) is 56.2 Å². The van der Waals surface area contributed by atoms with Gasteiger partial charge in [0.1, 0.15) is 0 Å². The number of nitrogens with two attached hydrogens (primary N) is 1. The zero-order valence-corrected chi connectivity index (χ0v) is 12.7. The highest BCUT2D eigenvalue weighted by atomic mass is 15.2. The van der Waals surface area contributed by atoms with Crippen LogP contribution < -0.4 is 5.73 Å². The number of rotatable bonds is 3. The quantitative estimate of drug-likeness (QED) is 0.910. The van der Waals surface area contributed by atoms with Gasteiger partial charge >= 0.3 is 0 Å². The fourth-order valence-corrected chi connectivity index (χ4v) is 4.13. The van der Waals surface area contributed by atoms with Crippen LogP contribution in [0.4, 0.5) is 0 Å².